The van der Waals surface area contributed by atoms with E-state index in [4.69, 9.17) is 20.2 Å². The first-order valence-corrected chi connectivity index (χ1v) is 15.0. The average molecular weight is 571 g/mol. The summed E-state index contributed by atoms with van der Waals surface area (Å²) in [6.07, 6.45) is 6.27. The molecule has 11 nitrogen and oxygen atoms in total. The van der Waals surface area contributed by atoms with Crippen molar-refractivity contribution in [3.63, 3.8) is 0 Å². The number of hydrogen-bond donors (Lipinski definition) is 3. The van der Waals surface area contributed by atoms with E-state index in [1.165, 1.54) is 7.11 Å². The molecule has 216 valence electrons. The van der Waals surface area contributed by atoms with E-state index >= 15 is 0 Å². The van der Waals surface area contributed by atoms with E-state index in [0.717, 1.165) is 43.6 Å². The highest BCUT2D eigenvalue weighted by atomic mass is 32.2. The number of piperazine rings is 1. The van der Waals surface area contributed by atoms with E-state index in [0.29, 0.717) is 23.0 Å². The van der Waals surface area contributed by atoms with Crippen molar-refractivity contribution in [2.24, 2.45) is 5.73 Å². The molecule has 0 bridgehead atoms. The molecule has 2 heterocycles. The molecule has 40 heavy (non-hydrogen) atoms. The molecule has 1 amide bonds. The molecule has 2 aliphatic rings. The van der Waals surface area contributed by atoms with E-state index < -0.39 is 21.5 Å². The van der Waals surface area contributed by atoms with Gasteiger partial charge in [-0.05, 0) is 35.6 Å². The number of nitrogens with one attached hydrogen (secondary N) is 2. The monoisotopic (exact) mass is 570 g/mol. The number of carbonyl (C=O) groups is 1. The van der Waals surface area contributed by atoms with Crippen LogP contribution in [0.15, 0.2) is 47.7 Å². The van der Waals surface area contributed by atoms with Crippen LogP contribution in [-0.4, -0.2) is 63.8 Å². The smallest absolute Gasteiger partial charge is 0.244 e. The fraction of sp³-hybridized carbons (Fsp3) is 0.464. The zero-order valence-corrected chi connectivity index (χ0v) is 24.7. The lowest BCUT2D eigenvalue weighted by Gasteiger charge is -2.40. The van der Waals surface area contributed by atoms with Gasteiger partial charge in [0.15, 0.2) is 11.4 Å². The van der Waals surface area contributed by atoms with Crippen LogP contribution in [-0.2, 0) is 25.8 Å². The van der Waals surface area contributed by atoms with Gasteiger partial charge in [-0.2, -0.15) is 4.98 Å². The Bertz CT molecular complexity index is 1460. The van der Waals surface area contributed by atoms with Crippen LogP contribution < -0.4 is 30.1 Å². The van der Waals surface area contributed by atoms with E-state index in [1.807, 2.05) is 33.8 Å². The Morgan fingerprint density at radius 2 is 1.90 bits per heavy atom. The number of primary amides is 1. The molecule has 1 aromatic carbocycles. The molecule has 0 radical (unpaired) electrons. The molecule has 0 spiro atoms. The molecule has 1 aliphatic carbocycles. The number of methoxy groups -OCH3 is 1. The number of nitrogens with zero attached hydrogens (tertiary/aromatic N) is 3. The summed E-state index contributed by atoms with van der Waals surface area (Å²) in [5.74, 6) is 0.518. The summed E-state index contributed by atoms with van der Waals surface area (Å²) in [5, 5.41) is 3.32. The minimum atomic E-state index is -3.66. The minimum Gasteiger partial charge on any atom is -0.494 e. The average Bonchev–Trinajstić information content (AvgIpc) is 2.88. The first kappa shape index (κ1) is 29.3. The van der Waals surface area contributed by atoms with Crippen molar-refractivity contribution in [1.82, 2.24) is 15.3 Å². The van der Waals surface area contributed by atoms with Crippen LogP contribution in [0.4, 0.5) is 11.6 Å². The first-order valence-electron chi connectivity index (χ1n) is 13.1. The van der Waals surface area contributed by atoms with Crippen molar-refractivity contribution in [1.29, 1.82) is 0 Å². The maximum atomic E-state index is 12.4. The Morgan fingerprint density at radius 1 is 1.20 bits per heavy atom. The molecule has 0 saturated carbocycles. The van der Waals surface area contributed by atoms with E-state index in [9.17, 15) is 13.2 Å². The molecule has 1 fully saturated rings. The molecule has 2 aromatic rings. The van der Waals surface area contributed by atoms with Gasteiger partial charge < -0.3 is 25.4 Å². The van der Waals surface area contributed by atoms with Crippen molar-refractivity contribution in [2.45, 2.75) is 45.1 Å². The molecule has 1 saturated heterocycles. The highest BCUT2D eigenvalue weighted by molar-refractivity contribution is 7.92. The van der Waals surface area contributed by atoms with Gasteiger partial charge in [-0.1, -0.05) is 32.9 Å². The third-order valence-electron chi connectivity index (χ3n) is 7.11. The number of nitrogens with two attached hydrogens (primary N) is 1. The number of carbonyl (C=O) groups excluding carboxylic acids is 1. The van der Waals surface area contributed by atoms with Crippen LogP contribution in [0, 0.1) is 0 Å². The SMILES string of the molecule is COc1c(NS(C)(=O)=O)cc(C(C)(C)C)cc1C1(Oc2ccnc(N3CCNCC3)n2)CC(C(N)=O)=CC=C1C. The second-order valence-corrected chi connectivity index (χ2v) is 12.9. The van der Waals surface area contributed by atoms with Gasteiger partial charge in [-0.3, -0.25) is 9.52 Å². The number of benzene rings is 1. The number of ether oxygens (including phenoxy) is 2. The van der Waals surface area contributed by atoms with Gasteiger partial charge in [-0.15, -0.1) is 0 Å². The first-order chi connectivity index (χ1) is 18.7. The predicted molar refractivity (Wildman–Crippen MR) is 155 cm³/mol. The molecule has 1 atom stereocenters. The molecule has 1 unspecified atom stereocenters. The normalized spacial score (nSPS) is 19.9. The van der Waals surface area contributed by atoms with Gasteiger partial charge in [0.1, 0.15) is 0 Å². The van der Waals surface area contributed by atoms with Crippen LogP contribution in [0.3, 0.4) is 0 Å². The summed E-state index contributed by atoms with van der Waals surface area (Å²) in [7, 11) is -2.19. The maximum absolute atomic E-state index is 12.4. The lowest BCUT2D eigenvalue weighted by atomic mass is 9.75. The molecule has 4 rings (SSSR count). The Hall–Kier alpha value is -3.64. The van der Waals surface area contributed by atoms with E-state index in [-0.39, 0.29) is 23.3 Å². The zero-order chi connectivity index (χ0) is 29.3. The lowest BCUT2D eigenvalue weighted by Crippen LogP contribution is -2.44. The summed E-state index contributed by atoms with van der Waals surface area (Å²) in [4.78, 5) is 23.7. The second kappa shape index (κ2) is 11.1. The number of sulfonamides is 1. The zero-order valence-electron chi connectivity index (χ0n) is 23.9. The van der Waals surface area contributed by atoms with Crippen LogP contribution in [0.5, 0.6) is 11.6 Å². The molecule has 1 aromatic heterocycles. The molecule has 12 heteroatoms. The third kappa shape index (κ3) is 6.23. The molecular formula is C28H38N6O5S. The number of anilines is 2. The van der Waals surface area contributed by atoms with Gasteiger partial charge in [0.25, 0.3) is 0 Å². The van der Waals surface area contributed by atoms with Crippen LogP contribution in [0.2, 0.25) is 0 Å². The Morgan fingerprint density at radius 3 is 2.50 bits per heavy atom. The molecule has 4 N–H and O–H groups in total. The molecule has 1 aliphatic heterocycles. The second-order valence-electron chi connectivity index (χ2n) is 11.2. The van der Waals surface area contributed by atoms with Crippen LogP contribution in [0.25, 0.3) is 0 Å². The highest BCUT2D eigenvalue weighted by Gasteiger charge is 2.44. The van der Waals surface area contributed by atoms with Crippen molar-refractivity contribution in [3.05, 3.63) is 58.8 Å². The largest absolute Gasteiger partial charge is 0.494 e. The summed E-state index contributed by atoms with van der Waals surface area (Å²) in [6.45, 7) is 11.1. The molecular weight excluding hydrogens is 532 g/mol. The summed E-state index contributed by atoms with van der Waals surface area (Å²) in [5.41, 5.74) is 6.84. The van der Waals surface area contributed by atoms with E-state index in [2.05, 4.69) is 19.9 Å². The Balaban J connectivity index is 1.96. The lowest BCUT2D eigenvalue weighted by molar-refractivity contribution is -0.115. The van der Waals surface area contributed by atoms with Crippen molar-refractivity contribution < 1.29 is 22.7 Å². The Kier molecular flexibility index (Phi) is 8.13. The fourth-order valence-corrected chi connectivity index (χ4v) is 5.47. The number of hydrogen-bond acceptors (Lipinski definition) is 9. The number of rotatable bonds is 8. The van der Waals surface area contributed by atoms with Gasteiger partial charge in [0, 0.05) is 56.0 Å². The number of allylic oxidation sites excluding steroid dienone is 2. The standard InChI is InChI=1S/C28H38N6O5S/c1-18-7-8-19(25(29)35)17-28(18,39-23-9-10-31-26(32-23)34-13-11-30-12-14-34)21-15-20(27(2,3)4)16-22(24(21)38-5)33-40(6,36)37/h7-10,15-16,30,33H,11-14,17H2,1-6H3,(H2,29,35). The number of amides is 1. The van der Waals surface area contributed by atoms with Crippen LogP contribution >= 0.6 is 0 Å². The van der Waals surface area contributed by atoms with Crippen molar-refractivity contribution in [3.8, 4) is 11.6 Å². The summed E-state index contributed by atoms with van der Waals surface area (Å²) in [6, 6.07) is 5.36. The van der Waals surface area contributed by atoms with Crippen molar-refractivity contribution >= 4 is 27.6 Å². The van der Waals surface area contributed by atoms with Gasteiger partial charge >= 0.3 is 0 Å². The van der Waals surface area contributed by atoms with Crippen LogP contribution in [0.1, 0.15) is 45.2 Å². The van der Waals surface area contributed by atoms with Gasteiger partial charge in [0.2, 0.25) is 27.8 Å². The third-order valence-corrected chi connectivity index (χ3v) is 7.70. The quantitative estimate of drug-likeness (QED) is 0.435. The Labute approximate surface area is 235 Å². The highest BCUT2D eigenvalue weighted by Crippen LogP contribution is 2.49. The summed E-state index contributed by atoms with van der Waals surface area (Å²) < 4.78 is 40.0. The van der Waals surface area contributed by atoms with E-state index in [1.54, 1.807) is 30.5 Å². The number of aromatic nitrogens is 2. The summed E-state index contributed by atoms with van der Waals surface area (Å²) >= 11 is 0. The topological polar surface area (TPSA) is 149 Å². The minimum absolute atomic E-state index is 0.0832. The van der Waals surface area contributed by atoms with Gasteiger partial charge in [0.05, 0.1) is 19.1 Å². The van der Waals surface area contributed by atoms with Gasteiger partial charge in [-0.25, -0.2) is 13.4 Å². The fourth-order valence-electron chi connectivity index (χ4n) is 4.92. The van der Waals surface area contributed by atoms with Crippen molar-refractivity contribution in [2.75, 3.05) is 49.2 Å². The predicted octanol–water partition coefficient (Wildman–Crippen LogP) is 2.60. The maximum Gasteiger partial charge on any atom is 0.244 e.